The lowest BCUT2D eigenvalue weighted by Crippen LogP contribution is -2.17. The largest absolute Gasteiger partial charge is 0.493 e. The summed E-state index contributed by atoms with van der Waals surface area (Å²) in [5.41, 5.74) is 4.80. The molecular weight excluding hydrogens is 520 g/mol. The van der Waals surface area contributed by atoms with Crippen molar-refractivity contribution < 1.29 is 19.0 Å². The number of fused-ring (bicyclic) bond motifs is 1. The van der Waals surface area contributed by atoms with E-state index in [0.29, 0.717) is 36.0 Å². The lowest BCUT2D eigenvalue weighted by molar-refractivity contribution is 0.0954. The zero-order valence-corrected chi connectivity index (χ0v) is 21.7. The van der Waals surface area contributed by atoms with E-state index in [-0.39, 0.29) is 5.91 Å². The Bertz CT molecular complexity index is 1380. The molecule has 0 heterocycles. The highest BCUT2D eigenvalue weighted by Gasteiger charge is 2.11. The van der Waals surface area contributed by atoms with E-state index in [1.54, 1.807) is 31.5 Å². The van der Waals surface area contributed by atoms with Crippen LogP contribution in [0.15, 0.2) is 88.4 Å². The Morgan fingerprint density at radius 2 is 1.75 bits per heavy atom. The van der Waals surface area contributed by atoms with Crippen LogP contribution in [0.3, 0.4) is 0 Å². The van der Waals surface area contributed by atoms with E-state index in [4.69, 9.17) is 14.2 Å². The lowest BCUT2D eigenvalue weighted by Gasteiger charge is -2.12. The number of carbonyl (C=O) groups is 1. The minimum absolute atomic E-state index is 0.361. The van der Waals surface area contributed by atoms with Gasteiger partial charge in [-0.2, -0.15) is 5.10 Å². The second-order valence-corrected chi connectivity index (χ2v) is 8.94. The molecule has 0 spiro atoms. The van der Waals surface area contributed by atoms with Gasteiger partial charge < -0.3 is 14.2 Å². The van der Waals surface area contributed by atoms with E-state index in [2.05, 4.69) is 50.7 Å². The van der Waals surface area contributed by atoms with Crippen molar-refractivity contribution >= 4 is 38.8 Å². The second kappa shape index (κ2) is 12.2. The fraction of sp³-hybridized carbons (Fsp3) is 0.172. The molecule has 1 N–H and O–H groups in total. The Balaban J connectivity index is 1.46. The molecule has 1 amide bonds. The molecule has 184 valence electrons. The number of nitrogens with zero attached hydrogens (tertiary/aromatic N) is 1. The summed E-state index contributed by atoms with van der Waals surface area (Å²) in [5, 5.41) is 6.48. The van der Waals surface area contributed by atoms with Gasteiger partial charge in [-0.1, -0.05) is 65.3 Å². The van der Waals surface area contributed by atoms with Crippen LogP contribution >= 0.6 is 15.9 Å². The number of hydrogen-bond donors (Lipinski definition) is 1. The van der Waals surface area contributed by atoms with Crippen molar-refractivity contribution in [1.29, 1.82) is 0 Å². The zero-order valence-electron chi connectivity index (χ0n) is 20.2. The van der Waals surface area contributed by atoms with Gasteiger partial charge >= 0.3 is 0 Å². The predicted octanol–water partition coefficient (Wildman–Crippen LogP) is 6.74. The molecule has 0 bridgehead atoms. The first-order valence-electron chi connectivity index (χ1n) is 11.6. The highest BCUT2D eigenvalue weighted by atomic mass is 79.9. The average Bonchev–Trinajstić information content (AvgIpc) is 2.91. The third-order valence-corrected chi connectivity index (χ3v) is 5.99. The van der Waals surface area contributed by atoms with Gasteiger partial charge in [-0.3, -0.25) is 4.79 Å². The Kier molecular flexibility index (Phi) is 8.57. The first kappa shape index (κ1) is 25.3. The number of hydrogen-bond acceptors (Lipinski definition) is 5. The maximum atomic E-state index is 12.7. The molecule has 4 aromatic carbocycles. The van der Waals surface area contributed by atoms with Gasteiger partial charge in [-0.05, 0) is 59.2 Å². The first-order valence-corrected chi connectivity index (χ1v) is 12.4. The van der Waals surface area contributed by atoms with Gasteiger partial charge in [-0.15, -0.1) is 0 Å². The second-order valence-electron chi connectivity index (χ2n) is 8.02. The third-order valence-electron chi connectivity index (χ3n) is 5.49. The number of rotatable bonds is 10. The molecule has 7 heteroatoms. The Morgan fingerprint density at radius 1 is 0.944 bits per heavy atom. The van der Waals surface area contributed by atoms with Crippen molar-refractivity contribution in [1.82, 2.24) is 5.43 Å². The van der Waals surface area contributed by atoms with Crippen molar-refractivity contribution in [2.45, 2.75) is 20.0 Å². The Labute approximate surface area is 219 Å². The molecule has 0 aromatic heterocycles. The molecule has 0 saturated heterocycles. The number of halogens is 1. The third kappa shape index (κ3) is 6.23. The summed E-state index contributed by atoms with van der Waals surface area (Å²) in [5.74, 6) is 1.39. The zero-order chi connectivity index (χ0) is 25.3. The highest BCUT2D eigenvalue weighted by Crippen LogP contribution is 2.28. The van der Waals surface area contributed by atoms with Crippen LogP contribution < -0.4 is 19.6 Å². The van der Waals surface area contributed by atoms with Crippen molar-refractivity contribution in [3.8, 4) is 17.2 Å². The summed E-state index contributed by atoms with van der Waals surface area (Å²) in [6.45, 7) is 3.00. The summed E-state index contributed by atoms with van der Waals surface area (Å²) >= 11 is 3.49. The molecule has 0 fully saturated rings. The molecule has 0 unspecified atom stereocenters. The first-order chi connectivity index (χ1) is 17.6. The smallest absolute Gasteiger partial charge is 0.271 e. The van der Waals surface area contributed by atoms with Crippen LogP contribution in [0.1, 0.15) is 34.8 Å². The molecule has 0 radical (unpaired) electrons. The SMILES string of the molecule is CCCOc1ccc(C(=O)N/N=C/c2cc(Br)ccc2OCc2cccc3ccccc23)cc1OC. The van der Waals surface area contributed by atoms with Gasteiger partial charge in [0.1, 0.15) is 12.4 Å². The molecule has 4 rings (SSSR count). The number of amides is 1. The summed E-state index contributed by atoms with van der Waals surface area (Å²) in [7, 11) is 1.54. The standard InChI is InChI=1S/C29H27BrN2O4/c1-3-15-35-27-13-11-21(17-28(27)34-2)29(33)32-31-18-23-16-24(30)12-14-26(23)36-19-22-9-6-8-20-7-4-5-10-25(20)22/h4-14,16-18H,3,15,19H2,1-2H3,(H,32,33)/b31-18+. The Hall–Kier alpha value is -3.84. The van der Waals surface area contributed by atoms with Gasteiger partial charge in [0, 0.05) is 15.6 Å². The average molecular weight is 547 g/mol. The van der Waals surface area contributed by atoms with Crippen LogP contribution in [0.25, 0.3) is 10.8 Å². The van der Waals surface area contributed by atoms with Gasteiger partial charge in [-0.25, -0.2) is 5.43 Å². The number of nitrogens with one attached hydrogen (secondary N) is 1. The number of carbonyl (C=O) groups excluding carboxylic acids is 1. The van der Waals surface area contributed by atoms with E-state index in [1.165, 1.54) is 5.39 Å². The number of methoxy groups -OCH3 is 1. The van der Waals surface area contributed by atoms with Crippen molar-refractivity contribution in [2.24, 2.45) is 5.10 Å². The quantitative estimate of drug-likeness (QED) is 0.176. The van der Waals surface area contributed by atoms with Gasteiger partial charge in [0.25, 0.3) is 5.91 Å². The Morgan fingerprint density at radius 3 is 2.58 bits per heavy atom. The lowest BCUT2D eigenvalue weighted by atomic mass is 10.1. The van der Waals surface area contributed by atoms with Crippen LogP contribution in [0, 0.1) is 0 Å². The van der Waals surface area contributed by atoms with Crippen molar-refractivity contribution in [3.63, 3.8) is 0 Å². The number of hydrazone groups is 1. The predicted molar refractivity (Wildman–Crippen MR) is 146 cm³/mol. The molecule has 0 aliphatic rings. The van der Waals surface area contributed by atoms with Crippen LogP contribution in [-0.2, 0) is 6.61 Å². The summed E-state index contributed by atoms with van der Waals surface area (Å²) in [4.78, 5) is 12.7. The van der Waals surface area contributed by atoms with Crippen molar-refractivity contribution in [3.05, 3.63) is 100 Å². The molecule has 0 aliphatic carbocycles. The molecule has 6 nitrogen and oxygen atoms in total. The van der Waals surface area contributed by atoms with Crippen LogP contribution in [0.2, 0.25) is 0 Å². The van der Waals surface area contributed by atoms with E-state index >= 15 is 0 Å². The highest BCUT2D eigenvalue weighted by molar-refractivity contribution is 9.10. The maximum absolute atomic E-state index is 12.7. The molecule has 0 aliphatic heterocycles. The van der Waals surface area contributed by atoms with Crippen LogP contribution in [-0.4, -0.2) is 25.8 Å². The fourth-order valence-corrected chi connectivity index (χ4v) is 4.07. The fourth-order valence-electron chi connectivity index (χ4n) is 3.69. The molecule has 36 heavy (non-hydrogen) atoms. The normalized spacial score (nSPS) is 11.0. The monoisotopic (exact) mass is 546 g/mol. The topological polar surface area (TPSA) is 69.2 Å². The van der Waals surface area contributed by atoms with Gasteiger partial charge in [0.2, 0.25) is 0 Å². The van der Waals surface area contributed by atoms with Gasteiger partial charge in [0.05, 0.1) is 19.9 Å². The van der Waals surface area contributed by atoms with Gasteiger partial charge in [0.15, 0.2) is 11.5 Å². The molecule has 4 aromatic rings. The molecule has 0 atom stereocenters. The number of benzene rings is 4. The minimum atomic E-state index is -0.361. The summed E-state index contributed by atoms with van der Waals surface area (Å²) < 4.78 is 18.0. The maximum Gasteiger partial charge on any atom is 0.271 e. The summed E-state index contributed by atoms with van der Waals surface area (Å²) in [6, 6.07) is 25.1. The van der Waals surface area contributed by atoms with Crippen LogP contribution in [0.5, 0.6) is 17.2 Å². The van der Waals surface area contributed by atoms with E-state index in [9.17, 15) is 4.79 Å². The molecule has 0 saturated carbocycles. The van der Waals surface area contributed by atoms with E-state index < -0.39 is 0 Å². The minimum Gasteiger partial charge on any atom is -0.493 e. The molecular formula is C29H27BrN2O4. The van der Waals surface area contributed by atoms with E-state index in [0.717, 1.165) is 27.4 Å². The van der Waals surface area contributed by atoms with Crippen LogP contribution in [0.4, 0.5) is 0 Å². The van der Waals surface area contributed by atoms with Crippen molar-refractivity contribution in [2.75, 3.05) is 13.7 Å². The summed E-state index contributed by atoms with van der Waals surface area (Å²) in [6.07, 6.45) is 2.44. The van der Waals surface area contributed by atoms with E-state index in [1.807, 2.05) is 43.3 Å². The number of ether oxygens (including phenoxy) is 3.